The third kappa shape index (κ3) is 7.20. The van der Waals surface area contributed by atoms with Gasteiger partial charge < -0.3 is 14.8 Å². The molecule has 0 saturated heterocycles. The molecule has 0 fully saturated rings. The molecule has 2 amide bonds. The van der Waals surface area contributed by atoms with Crippen molar-refractivity contribution in [3.05, 3.63) is 29.8 Å². The van der Waals surface area contributed by atoms with Crippen molar-refractivity contribution in [2.24, 2.45) is 0 Å². The van der Waals surface area contributed by atoms with E-state index in [4.69, 9.17) is 9.47 Å². The smallest absolute Gasteiger partial charge is 0.411 e. The minimum Gasteiger partial charge on any atom is -0.447 e. The molecule has 6 nitrogen and oxygen atoms in total. The molecular weight excluding hydrogens is 272 g/mol. The van der Waals surface area contributed by atoms with E-state index < -0.39 is 18.3 Å². The Bertz CT molecular complexity index is 471. The van der Waals surface area contributed by atoms with Gasteiger partial charge in [0, 0.05) is 5.69 Å². The third-order valence-electron chi connectivity index (χ3n) is 2.48. The molecule has 0 saturated carbocycles. The van der Waals surface area contributed by atoms with Crippen molar-refractivity contribution >= 4 is 17.9 Å². The second kappa shape index (κ2) is 8.14. The summed E-state index contributed by atoms with van der Waals surface area (Å²) >= 11 is 0. The number of benzene rings is 1. The standard InChI is InChI=1S/C15H22N2O4/c1-10(2)20-14(18)16-9-12(4)21-15(19)17-13-7-5-11(3)6-8-13/h5-8,10,12H,9H2,1-4H3,(H,16,18)(H,17,19). The van der Waals surface area contributed by atoms with Crippen molar-refractivity contribution in [3.63, 3.8) is 0 Å². The number of nitrogens with one attached hydrogen (secondary N) is 2. The zero-order valence-electron chi connectivity index (χ0n) is 12.8. The number of hydrogen-bond donors (Lipinski definition) is 2. The summed E-state index contributed by atoms with van der Waals surface area (Å²) in [5.74, 6) is 0. The quantitative estimate of drug-likeness (QED) is 0.875. The maximum absolute atomic E-state index is 11.7. The van der Waals surface area contributed by atoms with Crippen LogP contribution in [0.25, 0.3) is 0 Å². The molecule has 0 aliphatic carbocycles. The first kappa shape index (κ1) is 16.8. The highest BCUT2D eigenvalue weighted by Gasteiger charge is 2.12. The molecule has 1 atom stereocenters. The summed E-state index contributed by atoms with van der Waals surface area (Å²) in [7, 11) is 0. The number of ether oxygens (including phenoxy) is 2. The molecule has 0 spiro atoms. The van der Waals surface area contributed by atoms with E-state index in [-0.39, 0.29) is 12.6 Å². The summed E-state index contributed by atoms with van der Waals surface area (Å²) in [5, 5.41) is 5.14. The molecule has 0 radical (unpaired) electrons. The minimum absolute atomic E-state index is 0.187. The normalized spacial score (nSPS) is 11.7. The Morgan fingerprint density at radius 3 is 2.24 bits per heavy atom. The first-order valence-electron chi connectivity index (χ1n) is 6.85. The number of hydrogen-bond acceptors (Lipinski definition) is 4. The van der Waals surface area contributed by atoms with Crippen LogP contribution in [0.2, 0.25) is 0 Å². The molecule has 0 aliphatic rings. The summed E-state index contributed by atoms with van der Waals surface area (Å²) in [6, 6.07) is 7.37. The van der Waals surface area contributed by atoms with Gasteiger partial charge in [-0.3, -0.25) is 5.32 Å². The Morgan fingerprint density at radius 2 is 1.67 bits per heavy atom. The van der Waals surface area contributed by atoms with Gasteiger partial charge in [0.15, 0.2) is 0 Å². The van der Waals surface area contributed by atoms with Crippen molar-refractivity contribution in [2.45, 2.75) is 39.9 Å². The highest BCUT2D eigenvalue weighted by molar-refractivity contribution is 5.84. The van der Waals surface area contributed by atoms with Gasteiger partial charge in [-0.1, -0.05) is 17.7 Å². The number of alkyl carbamates (subject to hydrolysis) is 1. The van der Waals surface area contributed by atoms with Crippen LogP contribution in [-0.2, 0) is 9.47 Å². The predicted molar refractivity (Wildman–Crippen MR) is 80.4 cm³/mol. The Morgan fingerprint density at radius 1 is 1.05 bits per heavy atom. The summed E-state index contributed by atoms with van der Waals surface area (Å²) in [5.41, 5.74) is 1.76. The van der Waals surface area contributed by atoms with Crippen LogP contribution in [0.3, 0.4) is 0 Å². The topological polar surface area (TPSA) is 76.7 Å². The lowest BCUT2D eigenvalue weighted by atomic mass is 10.2. The first-order chi connectivity index (χ1) is 9.86. The van der Waals surface area contributed by atoms with Gasteiger partial charge in [0.25, 0.3) is 0 Å². The lowest BCUT2D eigenvalue weighted by molar-refractivity contribution is 0.0985. The van der Waals surface area contributed by atoms with Crippen LogP contribution in [0.1, 0.15) is 26.3 Å². The zero-order chi connectivity index (χ0) is 15.8. The highest BCUT2D eigenvalue weighted by atomic mass is 16.6. The number of carbonyl (C=O) groups is 2. The molecular formula is C15H22N2O4. The van der Waals surface area contributed by atoms with Gasteiger partial charge in [-0.15, -0.1) is 0 Å². The average molecular weight is 294 g/mol. The highest BCUT2D eigenvalue weighted by Crippen LogP contribution is 2.09. The number of rotatable bonds is 5. The summed E-state index contributed by atoms with van der Waals surface area (Å²) < 4.78 is 10.0. The van der Waals surface area contributed by atoms with Crippen LogP contribution < -0.4 is 10.6 Å². The second-order valence-corrected chi connectivity index (χ2v) is 5.04. The Kier molecular flexibility index (Phi) is 6.52. The van der Waals surface area contributed by atoms with E-state index in [2.05, 4.69) is 10.6 Å². The average Bonchev–Trinajstić information content (AvgIpc) is 2.38. The molecule has 1 unspecified atom stereocenters. The van der Waals surface area contributed by atoms with Gasteiger partial charge in [0.1, 0.15) is 6.10 Å². The van der Waals surface area contributed by atoms with Crippen molar-refractivity contribution in [1.82, 2.24) is 5.32 Å². The van der Waals surface area contributed by atoms with Gasteiger partial charge in [-0.25, -0.2) is 9.59 Å². The maximum atomic E-state index is 11.7. The van der Waals surface area contributed by atoms with Gasteiger partial charge in [-0.2, -0.15) is 0 Å². The van der Waals surface area contributed by atoms with E-state index in [9.17, 15) is 9.59 Å². The van der Waals surface area contributed by atoms with E-state index in [1.165, 1.54) is 0 Å². The maximum Gasteiger partial charge on any atom is 0.411 e. The molecule has 0 heterocycles. The zero-order valence-corrected chi connectivity index (χ0v) is 12.8. The fourth-order valence-electron chi connectivity index (χ4n) is 1.49. The van der Waals surface area contributed by atoms with Crippen molar-refractivity contribution < 1.29 is 19.1 Å². The van der Waals surface area contributed by atoms with E-state index in [0.29, 0.717) is 5.69 Å². The number of anilines is 1. The summed E-state index contributed by atoms with van der Waals surface area (Å²) in [6.07, 6.45) is -1.74. The monoisotopic (exact) mass is 294 g/mol. The minimum atomic E-state index is -0.564. The lowest BCUT2D eigenvalue weighted by Crippen LogP contribution is -2.35. The van der Waals surface area contributed by atoms with Gasteiger partial charge >= 0.3 is 12.2 Å². The summed E-state index contributed by atoms with van der Waals surface area (Å²) in [6.45, 7) is 7.35. The van der Waals surface area contributed by atoms with Crippen LogP contribution >= 0.6 is 0 Å². The SMILES string of the molecule is Cc1ccc(NC(=O)OC(C)CNC(=O)OC(C)C)cc1. The molecule has 0 aliphatic heterocycles. The summed E-state index contributed by atoms with van der Waals surface area (Å²) in [4.78, 5) is 22.9. The van der Waals surface area contributed by atoms with Crippen LogP contribution in [0, 0.1) is 6.92 Å². The van der Waals surface area contributed by atoms with Crippen molar-refractivity contribution in [3.8, 4) is 0 Å². The molecule has 1 aromatic carbocycles. The van der Waals surface area contributed by atoms with Crippen molar-refractivity contribution in [1.29, 1.82) is 0 Å². The molecule has 1 rings (SSSR count). The van der Waals surface area contributed by atoms with E-state index in [1.807, 2.05) is 19.1 Å². The van der Waals surface area contributed by atoms with Gasteiger partial charge in [0.05, 0.1) is 12.6 Å². The third-order valence-corrected chi connectivity index (χ3v) is 2.48. The van der Waals surface area contributed by atoms with E-state index >= 15 is 0 Å². The van der Waals surface area contributed by atoms with Crippen LogP contribution in [0.4, 0.5) is 15.3 Å². The van der Waals surface area contributed by atoms with E-state index in [1.54, 1.807) is 32.9 Å². The largest absolute Gasteiger partial charge is 0.447 e. The molecule has 0 bridgehead atoms. The number of amides is 2. The Labute approximate surface area is 124 Å². The van der Waals surface area contributed by atoms with Gasteiger partial charge in [0.2, 0.25) is 0 Å². The molecule has 0 aromatic heterocycles. The molecule has 2 N–H and O–H groups in total. The molecule has 6 heteroatoms. The predicted octanol–water partition coefficient (Wildman–Crippen LogP) is 3.07. The Hall–Kier alpha value is -2.24. The van der Waals surface area contributed by atoms with Crippen LogP contribution in [-0.4, -0.2) is 30.9 Å². The molecule has 116 valence electrons. The lowest BCUT2D eigenvalue weighted by Gasteiger charge is -2.15. The fraction of sp³-hybridized carbons (Fsp3) is 0.467. The fourth-order valence-corrected chi connectivity index (χ4v) is 1.49. The van der Waals surface area contributed by atoms with E-state index in [0.717, 1.165) is 5.56 Å². The first-order valence-corrected chi connectivity index (χ1v) is 6.85. The molecule has 21 heavy (non-hydrogen) atoms. The second-order valence-electron chi connectivity index (χ2n) is 5.04. The van der Waals surface area contributed by atoms with Crippen molar-refractivity contribution in [2.75, 3.05) is 11.9 Å². The van der Waals surface area contributed by atoms with Gasteiger partial charge in [-0.05, 0) is 39.8 Å². The number of carbonyl (C=O) groups excluding carboxylic acids is 2. The van der Waals surface area contributed by atoms with Crippen LogP contribution in [0.15, 0.2) is 24.3 Å². The Balaban J connectivity index is 2.30. The van der Waals surface area contributed by atoms with Crippen LogP contribution in [0.5, 0.6) is 0 Å². The number of aryl methyl sites for hydroxylation is 1. The molecule has 1 aromatic rings.